The summed E-state index contributed by atoms with van der Waals surface area (Å²) in [5, 5.41) is 15.2. The molecule has 1 aromatic rings. The first kappa shape index (κ1) is 24.6. The van der Waals surface area contributed by atoms with Crippen molar-refractivity contribution >= 4 is 17.8 Å². The van der Waals surface area contributed by atoms with Crippen molar-refractivity contribution in [1.82, 2.24) is 15.5 Å². The van der Waals surface area contributed by atoms with Gasteiger partial charge >= 0.3 is 5.97 Å². The summed E-state index contributed by atoms with van der Waals surface area (Å²) in [6.45, 7) is 3.80. The predicted molar refractivity (Wildman–Crippen MR) is 112 cm³/mol. The van der Waals surface area contributed by atoms with Gasteiger partial charge < -0.3 is 30.0 Å². The number of hydrogen-bond donors (Lipinski definition) is 3. The molecule has 2 amide bonds. The van der Waals surface area contributed by atoms with E-state index in [0.717, 1.165) is 5.56 Å². The number of ether oxygens (including phenoxy) is 3. The molecule has 1 aromatic carbocycles. The average molecular weight is 437 g/mol. The second kappa shape index (κ2) is 12.2. The molecule has 2 rings (SSSR count). The lowest BCUT2D eigenvalue weighted by Gasteiger charge is -2.28. The maximum Gasteiger partial charge on any atom is 0.328 e. The SMILES string of the molecule is COC(=O)[C@H](Cc1ccc(OC)cc1)NC(=O)C(NC(=O)CN1CCOCC1)C(C)O. The summed E-state index contributed by atoms with van der Waals surface area (Å²) in [6, 6.07) is 4.85. The summed E-state index contributed by atoms with van der Waals surface area (Å²) < 4.78 is 15.2. The quantitative estimate of drug-likeness (QED) is 0.402. The Labute approximate surface area is 181 Å². The number of aliphatic hydroxyl groups is 1. The number of carbonyl (C=O) groups is 3. The Morgan fingerprint density at radius 1 is 1.13 bits per heavy atom. The van der Waals surface area contributed by atoms with Crippen LogP contribution < -0.4 is 15.4 Å². The zero-order valence-electron chi connectivity index (χ0n) is 18.1. The Morgan fingerprint density at radius 2 is 1.77 bits per heavy atom. The van der Waals surface area contributed by atoms with E-state index in [-0.39, 0.29) is 13.0 Å². The first-order chi connectivity index (χ1) is 14.8. The molecule has 31 heavy (non-hydrogen) atoms. The molecule has 0 aromatic heterocycles. The normalized spacial score (nSPS) is 17.2. The number of benzene rings is 1. The largest absolute Gasteiger partial charge is 0.497 e. The molecule has 0 spiro atoms. The van der Waals surface area contributed by atoms with Gasteiger partial charge in [0, 0.05) is 19.5 Å². The van der Waals surface area contributed by atoms with E-state index < -0.39 is 36.0 Å². The Balaban J connectivity index is 2.01. The van der Waals surface area contributed by atoms with Gasteiger partial charge in [0.05, 0.1) is 40.1 Å². The van der Waals surface area contributed by atoms with Crippen LogP contribution in [0.25, 0.3) is 0 Å². The highest BCUT2D eigenvalue weighted by molar-refractivity contribution is 5.91. The van der Waals surface area contributed by atoms with Crippen LogP contribution in [0.2, 0.25) is 0 Å². The van der Waals surface area contributed by atoms with Crippen molar-refractivity contribution in [2.45, 2.75) is 31.5 Å². The molecule has 1 saturated heterocycles. The summed E-state index contributed by atoms with van der Waals surface area (Å²) in [4.78, 5) is 39.3. The molecule has 1 aliphatic heterocycles. The molecule has 1 fully saturated rings. The lowest BCUT2D eigenvalue weighted by Crippen LogP contribution is -2.57. The molecule has 10 heteroatoms. The maximum atomic E-state index is 12.8. The molecule has 0 saturated carbocycles. The molecule has 3 N–H and O–H groups in total. The number of rotatable bonds is 10. The Morgan fingerprint density at radius 3 is 2.32 bits per heavy atom. The predicted octanol–water partition coefficient (Wildman–Crippen LogP) is -0.907. The van der Waals surface area contributed by atoms with E-state index in [9.17, 15) is 19.5 Å². The molecular formula is C21H31N3O7. The van der Waals surface area contributed by atoms with Crippen LogP contribution in [0.4, 0.5) is 0 Å². The first-order valence-corrected chi connectivity index (χ1v) is 10.1. The maximum absolute atomic E-state index is 12.8. The number of carbonyl (C=O) groups excluding carboxylic acids is 3. The smallest absolute Gasteiger partial charge is 0.328 e. The van der Waals surface area contributed by atoms with Crippen LogP contribution >= 0.6 is 0 Å². The van der Waals surface area contributed by atoms with E-state index in [4.69, 9.17) is 14.2 Å². The number of aliphatic hydroxyl groups excluding tert-OH is 1. The van der Waals surface area contributed by atoms with Gasteiger partial charge in [-0.25, -0.2) is 4.79 Å². The van der Waals surface area contributed by atoms with Crippen LogP contribution in [0.15, 0.2) is 24.3 Å². The molecule has 2 unspecified atom stereocenters. The fourth-order valence-electron chi connectivity index (χ4n) is 3.18. The molecule has 172 valence electrons. The number of nitrogens with one attached hydrogen (secondary N) is 2. The monoisotopic (exact) mass is 437 g/mol. The van der Waals surface area contributed by atoms with Crippen LogP contribution in [0.5, 0.6) is 5.75 Å². The lowest BCUT2D eigenvalue weighted by atomic mass is 10.0. The molecule has 1 aliphatic rings. The van der Waals surface area contributed by atoms with Gasteiger partial charge in [-0.2, -0.15) is 0 Å². The average Bonchev–Trinajstić information content (AvgIpc) is 2.77. The number of nitrogens with zero attached hydrogens (tertiary/aromatic N) is 1. The van der Waals surface area contributed by atoms with Crippen LogP contribution in [0.3, 0.4) is 0 Å². The van der Waals surface area contributed by atoms with Crippen molar-refractivity contribution in [3.05, 3.63) is 29.8 Å². The number of hydrogen-bond acceptors (Lipinski definition) is 8. The highest BCUT2D eigenvalue weighted by atomic mass is 16.5. The molecular weight excluding hydrogens is 406 g/mol. The van der Waals surface area contributed by atoms with Crippen LogP contribution in [-0.4, -0.2) is 93.0 Å². The number of methoxy groups -OCH3 is 2. The molecule has 1 heterocycles. The van der Waals surface area contributed by atoms with E-state index in [0.29, 0.717) is 32.1 Å². The fourth-order valence-corrected chi connectivity index (χ4v) is 3.18. The zero-order valence-corrected chi connectivity index (χ0v) is 18.1. The molecule has 0 radical (unpaired) electrons. The van der Waals surface area contributed by atoms with E-state index >= 15 is 0 Å². The minimum absolute atomic E-state index is 0.0894. The number of esters is 1. The van der Waals surface area contributed by atoms with Gasteiger partial charge in [0.15, 0.2) is 0 Å². The standard InChI is InChI=1S/C21H31N3O7/c1-14(25)19(23-18(26)13-24-8-10-31-11-9-24)20(27)22-17(21(28)30-3)12-15-4-6-16(29-2)7-5-15/h4-7,14,17,19,25H,8-13H2,1-3H3,(H,22,27)(H,23,26)/t14?,17-,19?/m0/s1. The van der Waals surface area contributed by atoms with Gasteiger partial charge in [0.2, 0.25) is 11.8 Å². The topological polar surface area (TPSA) is 126 Å². The summed E-state index contributed by atoms with van der Waals surface area (Å²) >= 11 is 0. The number of amides is 2. The van der Waals surface area contributed by atoms with Crippen molar-refractivity contribution in [2.24, 2.45) is 0 Å². The number of morpholine rings is 1. The van der Waals surface area contributed by atoms with Crippen molar-refractivity contribution in [2.75, 3.05) is 47.1 Å². The third-order valence-electron chi connectivity index (χ3n) is 4.95. The van der Waals surface area contributed by atoms with Crippen LogP contribution in [0.1, 0.15) is 12.5 Å². The van der Waals surface area contributed by atoms with Gasteiger partial charge in [-0.05, 0) is 24.6 Å². The van der Waals surface area contributed by atoms with Crippen molar-refractivity contribution < 1.29 is 33.7 Å². The second-order valence-corrected chi connectivity index (χ2v) is 7.31. The van der Waals surface area contributed by atoms with E-state index in [1.54, 1.807) is 31.4 Å². The van der Waals surface area contributed by atoms with Gasteiger partial charge in [-0.3, -0.25) is 14.5 Å². The van der Waals surface area contributed by atoms with E-state index in [1.165, 1.54) is 14.0 Å². The Kier molecular flexibility index (Phi) is 9.70. The van der Waals surface area contributed by atoms with E-state index in [2.05, 4.69) is 10.6 Å². The van der Waals surface area contributed by atoms with Gasteiger partial charge in [-0.1, -0.05) is 12.1 Å². The second-order valence-electron chi connectivity index (χ2n) is 7.31. The third-order valence-corrected chi connectivity index (χ3v) is 4.95. The van der Waals surface area contributed by atoms with Gasteiger partial charge in [0.1, 0.15) is 17.8 Å². The lowest BCUT2D eigenvalue weighted by molar-refractivity contribution is -0.145. The van der Waals surface area contributed by atoms with Crippen LogP contribution in [0, 0.1) is 0 Å². The van der Waals surface area contributed by atoms with Crippen molar-refractivity contribution in [1.29, 1.82) is 0 Å². The highest BCUT2D eigenvalue weighted by Gasteiger charge is 2.30. The summed E-state index contributed by atoms with van der Waals surface area (Å²) in [5.41, 5.74) is 0.779. The summed E-state index contributed by atoms with van der Waals surface area (Å²) in [7, 11) is 2.78. The minimum atomic E-state index is -1.21. The third kappa shape index (κ3) is 7.82. The van der Waals surface area contributed by atoms with Gasteiger partial charge in [0.25, 0.3) is 0 Å². The minimum Gasteiger partial charge on any atom is -0.497 e. The Bertz CT molecular complexity index is 733. The van der Waals surface area contributed by atoms with Crippen molar-refractivity contribution in [3.63, 3.8) is 0 Å². The zero-order chi connectivity index (χ0) is 22.8. The molecule has 3 atom stereocenters. The van der Waals surface area contributed by atoms with Crippen molar-refractivity contribution in [3.8, 4) is 5.75 Å². The molecule has 0 bridgehead atoms. The molecule has 10 nitrogen and oxygen atoms in total. The Hall–Kier alpha value is -2.69. The van der Waals surface area contributed by atoms with E-state index in [1.807, 2.05) is 4.90 Å². The van der Waals surface area contributed by atoms with Gasteiger partial charge in [-0.15, -0.1) is 0 Å². The molecule has 0 aliphatic carbocycles. The summed E-state index contributed by atoms with van der Waals surface area (Å²) in [6.07, 6.45) is -0.982. The summed E-state index contributed by atoms with van der Waals surface area (Å²) in [5.74, 6) is -1.03. The fraction of sp³-hybridized carbons (Fsp3) is 0.571. The van der Waals surface area contributed by atoms with Crippen LogP contribution in [-0.2, 0) is 30.3 Å². The first-order valence-electron chi connectivity index (χ1n) is 10.1. The highest BCUT2D eigenvalue weighted by Crippen LogP contribution is 2.13.